The van der Waals surface area contributed by atoms with Gasteiger partial charge in [0.2, 0.25) is 5.91 Å². The van der Waals surface area contributed by atoms with E-state index in [0.29, 0.717) is 13.1 Å². The van der Waals surface area contributed by atoms with E-state index in [-0.39, 0.29) is 18.4 Å². The average Bonchev–Trinajstić information content (AvgIpc) is 2.39. The molecule has 1 amide bonds. The third kappa shape index (κ3) is 6.36. The van der Waals surface area contributed by atoms with Crippen LogP contribution in [0.5, 0.6) is 0 Å². The van der Waals surface area contributed by atoms with Crippen LogP contribution in [0, 0.1) is 5.92 Å². The molecule has 0 heterocycles. The van der Waals surface area contributed by atoms with Crippen LogP contribution in [-0.4, -0.2) is 41.7 Å². The zero-order chi connectivity index (χ0) is 14.0. The summed E-state index contributed by atoms with van der Waals surface area (Å²) in [6, 6.07) is -0.437. The molecule has 0 unspecified atom stereocenters. The van der Waals surface area contributed by atoms with Crippen LogP contribution in [0.2, 0.25) is 0 Å². The molecule has 0 saturated heterocycles. The van der Waals surface area contributed by atoms with Crippen molar-refractivity contribution in [2.24, 2.45) is 11.7 Å². The molecule has 0 aromatic rings. The first-order chi connectivity index (χ1) is 8.58. The normalized spacial score (nSPS) is 14.3. The van der Waals surface area contributed by atoms with Gasteiger partial charge in [0.25, 0.3) is 0 Å². The molecule has 108 valence electrons. The van der Waals surface area contributed by atoms with Crippen molar-refractivity contribution in [1.82, 2.24) is 4.90 Å². The molecule has 0 spiro atoms. The van der Waals surface area contributed by atoms with E-state index in [1.54, 1.807) is 4.90 Å². The van der Waals surface area contributed by atoms with Gasteiger partial charge in [-0.05, 0) is 12.3 Å². The molecule has 0 aromatic carbocycles. The zero-order valence-electron chi connectivity index (χ0n) is 12.2. The minimum absolute atomic E-state index is 0.00669. The largest absolute Gasteiger partial charge is 0.395 e. The van der Waals surface area contributed by atoms with Crippen LogP contribution in [0.1, 0.15) is 52.9 Å². The topological polar surface area (TPSA) is 66.6 Å². The highest BCUT2D eigenvalue weighted by atomic mass is 16.3. The Morgan fingerprint density at radius 2 is 1.89 bits per heavy atom. The Morgan fingerprint density at radius 1 is 1.22 bits per heavy atom. The van der Waals surface area contributed by atoms with Crippen molar-refractivity contribution in [2.45, 2.75) is 58.9 Å². The average molecular weight is 258 g/mol. The molecule has 4 heteroatoms. The summed E-state index contributed by atoms with van der Waals surface area (Å²) >= 11 is 0. The van der Waals surface area contributed by atoms with Crippen molar-refractivity contribution in [3.05, 3.63) is 0 Å². The molecule has 0 aliphatic carbocycles. The molecule has 0 aliphatic heterocycles. The fourth-order valence-electron chi connectivity index (χ4n) is 1.89. The third-order valence-electron chi connectivity index (χ3n) is 3.51. The molecule has 0 radical (unpaired) electrons. The number of hydrogen-bond donors (Lipinski definition) is 2. The molecule has 0 saturated carbocycles. The maximum Gasteiger partial charge on any atom is 0.239 e. The summed E-state index contributed by atoms with van der Waals surface area (Å²) in [7, 11) is 0. The third-order valence-corrected chi connectivity index (χ3v) is 3.51. The summed E-state index contributed by atoms with van der Waals surface area (Å²) < 4.78 is 0. The second kappa shape index (κ2) is 10.3. The molecule has 0 fully saturated rings. The Morgan fingerprint density at radius 3 is 2.39 bits per heavy atom. The second-order valence-corrected chi connectivity index (χ2v) is 5.02. The van der Waals surface area contributed by atoms with Gasteiger partial charge in [0, 0.05) is 13.1 Å². The standard InChI is InChI=1S/C14H30N2O2/c1-4-6-7-8-9-16(10-11-17)14(18)13(15)12(3)5-2/h12-13,17H,4-11,15H2,1-3H3/t12-,13-/m0/s1. The smallest absolute Gasteiger partial charge is 0.239 e. The lowest BCUT2D eigenvalue weighted by atomic mass is 9.98. The predicted octanol–water partition coefficient (Wildman–Crippen LogP) is 1.76. The molecular formula is C14H30N2O2. The van der Waals surface area contributed by atoms with Crippen LogP contribution in [0.15, 0.2) is 0 Å². The Kier molecular flexibility index (Phi) is 9.98. The number of rotatable bonds is 10. The molecule has 4 nitrogen and oxygen atoms in total. The van der Waals surface area contributed by atoms with Gasteiger partial charge in [-0.25, -0.2) is 0 Å². The number of amides is 1. The summed E-state index contributed by atoms with van der Waals surface area (Å²) in [5.41, 5.74) is 5.96. The van der Waals surface area contributed by atoms with Crippen molar-refractivity contribution < 1.29 is 9.90 Å². The Labute approximate surface area is 112 Å². The van der Waals surface area contributed by atoms with Gasteiger partial charge in [-0.15, -0.1) is 0 Å². The molecule has 3 N–H and O–H groups in total. The van der Waals surface area contributed by atoms with Crippen LogP contribution >= 0.6 is 0 Å². The van der Waals surface area contributed by atoms with Crippen molar-refractivity contribution in [3.8, 4) is 0 Å². The minimum atomic E-state index is -0.437. The molecule has 18 heavy (non-hydrogen) atoms. The van der Waals surface area contributed by atoms with Crippen LogP contribution in [0.25, 0.3) is 0 Å². The molecule has 0 aromatic heterocycles. The maximum absolute atomic E-state index is 12.2. The van der Waals surface area contributed by atoms with E-state index >= 15 is 0 Å². The number of hydrogen-bond acceptors (Lipinski definition) is 3. The van der Waals surface area contributed by atoms with Gasteiger partial charge < -0.3 is 15.7 Å². The highest BCUT2D eigenvalue weighted by molar-refractivity contribution is 5.81. The predicted molar refractivity (Wildman–Crippen MR) is 75.2 cm³/mol. The first-order valence-electron chi connectivity index (χ1n) is 7.23. The lowest BCUT2D eigenvalue weighted by Gasteiger charge is -2.27. The van der Waals surface area contributed by atoms with E-state index in [2.05, 4.69) is 6.92 Å². The number of nitrogens with two attached hydrogens (primary N) is 1. The van der Waals surface area contributed by atoms with Crippen molar-refractivity contribution in [3.63, 3.8) is 0 Å². The molecule has 0 bridgehead atoms. The van der Waals surface area contributed by atoms with Gasteiger partial charge in [-0.2, -0.15) is 0 Å². The fraction of sp³-hybridized carbons (Fsp3) is 0.929. The van der Waals surface area contributed by atoms with Gasteiger partial charge >= 0.3 is 0 Å². The van der Waals surface area contributed by atoms with E-state index in [1.165, 1.54) is 12.8 Å². The summed E-state index contributed by atoms with van der Waals surface area (Å²) in [6.45, 7) is 7.31. The van der Waals surface area contributed by atoms with E-state index in [0.717, 1.165) is 19.3 Å². The first kappa shape index (κ1) is 17.4. The summed E-state index contributed by atoms with van der Waals surface area (Å²) in [5.74, 6) is 0.171. The Bertz CT molecular complexity index is 222. The van der Waals surface area contributed by atoms with Crippen LogP contribution < -0.4 is 5.73 Å². The number of carbonyl (C=O) groups is 1. The molecule has 0 aliphatic rings. The van der Waals surface area contributed by atoms with Crippen molar-refractivity contribution in [2.75, 3.05) is 19.7 Å². The Balaban J connectivity index is 4.25. The van der Waals surface area contributed by atoms with Gasteiger partial charge in [0.05, 0.1) is 12.6 Å². The second-order valence-electron chi connectivity index (χ2n) is 5.02. The van der Waals surface area contributed by atoms with E-state index < -0.39 is 6.04 Å². The summed E-state index contributed by atoms with van der Waals surface area (Å²) in [5, 5.41) is 9.03. The molecule has 0 rings (SSSR count). The van der Waals surface area contributed by atoms with Gasteiger partial charge in [0.1, 0.15) is 0 Å². The lowest BCUT2D eigenvalue weighted by molar-refractivity contribution is -0.134. The van der Waals surface area contributed by atoms with Crippen LogP contribution in [0.3, 0.4) is 0 Å². The Hall–Kier alpha value is -0.610. The van der Waals surface area contributed by atoms with Crippen LogP contribution in [-0.2, 0) is 4.79 Å². The highest BCUT2D eigenvalue weighted by Gasteiger charge is 2.24. The van der Waals surface area contributed by atoms with Gasteiger partial charge in [-0.1, -0.05) is 46.5 Å². The lowest BCUT2D eigenvalue weighted by Crippen LogP contribution is -2.48. The van der Waals surface area contributed by atoms with E-state index in [9.17, 15) is 4.79 Å². The first-order valence-corrected chi connectivity index (χ1v) is 7.23. The quantitative estimate of drug-likeness (QED) is 0.587. The SMILES string of the molecule is CCCCCCN(CCO)C(=O)[C@@H](N)[C@@H](C)CC. The zero-order valence-corrected chi connectivity index (χ0v) is 12.2. The number of aliphatic hydroxyl groups is 1. The number of carbonyl (C=O) groups excluding carboxylic acids is 1. The van der Waals surface area contributed by atoms with Crippen molar-refractivity contribution in [1.29, 1.82) is 0 Å². The van der Waals surface area contributed by atoms with Gasteiger partial charge in [-0.3, -0.25) is 4.79 Å². The number of nitrogens with zero attached hydrogens (tertiary/aromatic N) is 1. The minimum Gasteiger partial charge on any atom is -0.395 e. The monoisotopic (exact) mass is 258 g/mol. The van der Waals surface area contributed by atoms with E-state index in [1.807, 2.05) is 13.8 Å². The van der Waals surface area contributed by atoms with Crippen molar-refractivity contribution >= 4 is 5.91 Å². The maximum atomic E-state index is 12.2. The van der Waals surface area contributed by atoms with E-state index in [4.69, 9.17) is 10.8 Å². The number of unbranched alkanes of at least 4 members (excludes halogenated alkanes) is 3. The fourth-order valence-corrected chi connectivity index (χ4v) is 1.89. The van der Waals surface area contributed by atoms with Gasteiger partial charge in [0.15, 0.2) is 0 Å². The highest BCUT2D eigenvalue weighted by Crippen LogP contribution is 2.10. The summed E-state index contributed by atoms with van der Waals surface area (Å²) in [6.07, 6.45) is 5.39. The molecular weight excluding hydrogens is 228 g/mol. The number of aliphatic hydroxyl groups excluding tert-OH is 1. The molecule has 2 atom stereocenters. The summed E-state index contributed by atoms with van der Waals surface area (Å²) in [4.78, 5) is 13.9. The van der Waals surface area contributed by atoms with Crippen LogP contribution in [0.4, 0.5) is 0 Å².